The molecule has 0 spiro atoms. The normalized spacial score (nSPS) is 10.8. The minimum Gasteiger partial charge on any atom is -0.461 e. The summed E-state index contributed by atoms with van der Waals surface area (Å²) < 4.78 is 5.02. The summed E-state index contributed by atoms with van der Waals surface area (Å²) in [5.41, 5.74) is 3.36. The van der Waals surface area contributed by atoms with Gasteiger partial charge < -0.3 is 4.74 Å². The quantitative estimate of drug-likeness (QED) is 0.746. The lowest BCUT2D eigenvalue weighted by Crippen LogP contribution is -2.07. The molecule has 0 amide bonds. The fourth-order valence-electron chi connectivity index (χ4n) is 2.32. The van der Waals surface area contributed by atoms with E-state index < -0.39 is 5.97 Å². The van der Waals surface area contributed by atoms with Crippen molar-refractivity contribution in [2.45, 2.75) is 13.8 Å². The third-order valence-corrected chi connectivity index (χ3v) is 3.25. The number of hydrogen-bond donors (Lipinski definition) is 1. The highest BCUT2D eigenvalue weighted by Crippen LogP contribution is 2.31. The topological polar surface area (TPSA) is 80.8 Å². The fraction of sp³-hybridized carbons (Fsp3) is 0.200. The van der Waals surface area contributed by atoms with Crippen LogP contribution in [0.4, 0.5) is 0 Å². The van der Waals surface area contributed by atoms with E-state index in [2.05, 4.69) is 20.4 Å². The summed E-state index contributed by atoms with van der Waals surface area (Å²) in [7, 11) is 0. The first-order valence-electron chi connectivity index (χ1n) is 6.65. The van der Waals surface area contributed by atoms with Gasteiger partial charge in [-0.2, -0.15) is 10.3 Å². The molecule has 0 atom stereocenters. The van der Waals surface area contributed by atoms with Crippen LogP contribution in [0, 0.1) is 6.92 Å². The van der Waals surface area contributed by atoms with Crippen molar-refractivity contribution in [1.29, 1.82) is 0 Å². The molecular weight excluding hydrogens is 268 g/mol. The second kappa shape index (κ2) is 5.32. The zero-order valence-corrected chi connectivity index (χ0v) is 11.8. The standard InChI is InChI=1S/C15H14N4O2/c1-3-21-15(20)14-13(17-19-18-14)12-9(2)6-7-11-10(12)5-4-8-16-11/h4-8H,3H2,1-2H3,(H,17,18,19). The Labute approximate surface area is 121 Å². The highest BCUT2D eigenvalue weighted by molar-refractivity contribution is 6.01. The number of nitrogens with zero attached hydrogens (tertiary/aromatic N) is 3. The Morgan fingerprint density at radius 3 is 2.95 bits per heavy atom. The summed E-state index contributed by atoms with van der Waals surface area (Å²) in [5.74, 6) is -0.485. The van der Waals surface area contributed by atoms with E-state index in [9.17, 15) is 4.79 Å². The summed E-state index contributed by atoms with van der Waals surface area (Å²) in [6.07, 6.45) is 1.73. The minimum atomic E-state index is -0.485. The van der Waals surface area contributed by atoms with E-state index in [1.165, 1.54) is 0 Å². The van der Waals surface area contributed by atoms with Crippen LogP contribution in [0.25, 0.3) is 22.2 Å². The van der Waals surface area contributed by atoms with Crippen LogP contribution in [0.2, 0.25) is 0 Å². The number of pyridine rings is 1. The van der Waals surface area contributed by atoms with Crippen molar-refractivity contribution in [3.8, 4) is 11.3 Å². The van der Waals surface area contributed by atoms with Crippen LogP contribution in [0.3, 0.4) is 0 Å². The molecule has 6 nitrogen and oxygen atoms in total. The van der Waals surface area contributed by atoms with Crippen molar-refractivity contribution < 1.29 is 9.53 Å². The van der Waals surface area contributed by atoms with Gasteiger partial charge in [-0.05, 0) is 31.5 Å². The smallest absolute Gasteiger partial charge is 0.361 e. The number of aromatic nitrogens is 4. The number of H-pyrrole nitrogens is 1. The predicted molar refractivity (Wildman–Crippen MR) is 77.8 cm³/mol. The predicted octanol–water partition coefficient (Wildman–Crippen LogP) is 2.51. The van der Waals surface area contributed by atoms with Crippen LogP contribution < -0.4 is 0 Å². The van der Waals surface area contributed by atoms with E-state index in [4.69, 9.17) is 4.74 Å². The van der Waals surface area contributed by atoms with Gasteiger partial charge in [0.05, 0.1) is 12.1 Å². The molecule has 2 aromatic heterocycles. The number of carbonyl (C=O) groups is 1. The van der Waals surface area contributed by atoms with Gasteiger partial charge in [-0.15, -0.1) is 5.10 Å². The van der Waals surface area contributed by atoms with Gasteiger partial charge in [0.25, 0.3) is 0 Å². The number of nitrogens with one attached hydrogen (secondary N) is 1. The van der Waals surface area contributed by atoms with E-state index in [1.54, 1.807) is 13.1 Å². The number of carbonyl (C=O) groups excluding carboxylic acids is 1. The van der Waals surface area contributed by atoms with Crippen LogP contribution in [0.1, 0.15) is 23.0 Å². The molecule has 0 radical (unpaired) electrons. The largest absolute Gasteiger partial charge is 0.461 e. The highest BCUT2D eigenvalue weighted by atomic mass is 16.5. The second-order valence-electron chi connectivity index (χ2n) is 4.57. The van der Waals surface area contributed by atoms with Gasteiger partial charge in [0.15, 0.2) is 5.69 Å². The lowest BCUT2D eigenvalue weighted by molar-refractivity contribution is 0.0520. The first-order valence-corrected chi connectivity index (χ1v) is 6.65. The number of aromatic amines is 1. The van der Waals surface area contributed by atoms with Crippen LogP contribution in [-0.2, 0) is 4.74 Å². The maximum atomic E-state index is 12.0. The van der Waals surface area contributed by atoms with Crippen molar-refractivity contribution in [2.24, 2.45) is 0 Å². The average molecular weight is 282 g/mol. The number of hydrogen-bond acceptors (Lipinski definition) is 5. The molecule has 3 aromatic rings. The Bertz CT molecular complexity index is 810. The van der Waals surface area contributed by atoms with Crippen LogP contribution in [0.5, 0.6) is 0 Å². The molecule has 0 saturated carbocycles. The van der Waals surface area contributed by atoms with Crippen molar-refractivity contribution >= 4 is 16.9 Å². The summed E-state index contributed by atoms with van der Waals surface area (Å²) in [6, 6.07) is 7.70. The molecule has 0 aliphatic heterocycles. The number of aryl methyl sites for hydroxylation is 1. The molecule has 0 aliphatic carbocycles. The summed E-state index contributed by atoms with van der Waals surface area (Å²) in [4.78, 5) is 16.3. The first-order chi connectivity index (χ1) is 10.2. The van der Waals surface area contributed by atoms with Crippen LogP contribution >= 0.6 is 0 Å². The van der Waals surface area contributed by atoms with E-state index in [0.29, 0.717) is 12.3 Å². The van der Waals surface area contributed by atoms with Gasteiger partial charge >= 0.3 is 5.97 Å². The SMILES string of the molecule is CCOC(=O)c1n[nH]nc1-c1c(C)ccc2ncccc12. The molecule has 0 fully saturated rings. The molecule has 0 bridgehead atoms. The molecule has 0 unspecified atom stereocenters. The Balaban J connectivity index is 2.24. The van der Waals surface area contributed by atoms with E-state index in [-0.39, 0.29) is 5.69 Å². The molecule has 0 saturated heterocycles. The van der Waals surface area contributed by atoms with Crippen LogP contribution in [-0.4, -0.2) is 33.0 Å². The molecule has 21 heavy (non-hydrogen) atoms. The Hall–Kier alpha value is -2.76. The van der Waals surface area contributed by atoms with E-state index in [0.717, 1.165) is 22.0 Å². The van der Waals surface area contributed by atoms with Gasteiger partial charge in [0, 0.05) is 17.1 Å². The summed E-state index contributed by atoms with van der Waals surface area (Å²) in [5, 5.41) is 11.5. The van der Waals surface area contributed by atoms with Gasteiger partial charge in [0.1, 0.15) is 5.69 Å². The lowest BCUT2D eigenvalue weighted by atomic mass is 9.99. The molecule has 1 aromatic carbocycles. The lowest BCUT2D eigenvalue weighted by Gasteiger charge is -2.08. The van der Waals surface area contributed by atoms with Gasteiger partial charge in [-0.3, -0.25) is 4.98 Å². The van der Waals surface area contributed by atoms with E-state index >= 15 is 0 Å². The third kappa shape index (κ3) is 2.24. The minimum absolute atomic E-state index is 0.191. The Morgan fingerprint density at radius 2 is 2.14 bits per heavy atom. The zero-order valence-electron chi connectivity index (χ0n) is 11.8. The number of rotatable bonds is 3. The molecule has 1 N–H and O–H groups in total. The molecule has 0 aliphatic rings. The summed E-state index contributed by atoms with van der Waals surface area (Å²) >= 11 is 0. The van der Waals surface area contributed by atoms with Crippen LogP contribution in [0.15, 0.2) is 30.5 Å². The zero-order chi connectivity index (χ0) is 14.8. The molecule has 6 heteroatoms. The number of fused-ring (bicyclic) bond motifs is 1. The third-order valence-electron chi connectivity index (χ3n) is 3.25. The molecule has 2 heterocycles. The Morgan fingerprint density at radius 1 is 1.29 bits per heavy atom. The van der Waals surface area contributed by atoms with Crippen molar-refractivity contribution in [3.05, 3.63) is 41.7 Å². The second-order valence-corrected chi connectivity index (χ2v) is 4.57. The van der Waals surface area contributed by atoms with Crippen molar-refractivity contribution in [1.82, 2.24) is 20.4 Å². The number of benzene rings is 1. The van der Waals surface area contributed by atoms with Gasteiger partial charge in [-0.1, -0.05) is 12.1 Å². The van der Waals surface area contributed by atoms with E-state index in [1.807, 2.05) is 31.2 Å². The highest BCUT2D eigenvalue weighted by Gasteiger charge is 2.22. The first kappa shape index (κ1) is 13.2. The number of esters is 1. The summed E-state index contributed by atoms with van der Waals surface area (Å²) in [6.45, 7) is 4.01. The monoisotopic (exact) mass is 282 g/mol. The van der Waals surface area contributed by atoms with Crippen molar-refractivity contribution in [3.63, 3.8) is 0 Å². The van der Waals surface area contributed by atoms with Gasteiger partial charge in [0.2, 0.25) is 0 Å². The number of ether oxygens (including phenoxy) is 1. The fourth-order valence-corrected chi connectivity index (χ4v) is 2.32. The molecular formula is C15H14N4O2. The Kier molecular flexibility index (Phi) is 3.35. The maximum absolute atomic E-state index is 12.0. The molecule has 3 rings (SSSR count). The average Bonchev–Trinajstić information content (AvgIpc) is 2.96. The maximum Gasteiger partial charge on any atom is 0.361 e. The van der Waals surface area contributed by atoms with Gasteiger partial charge in [-0.25, -0.2) is 4.79 Å². The molecule has 106 valence electrons. The van der Waals surface area contributed by atoms with Crippen molar-refractivity contribution in [2.75, 3.05) is 6.61 Å².